The number of amides is 2. The van der Waals surface area contributed by atoms with Crippen molar-refractivity contribution in [2.24, 2.45) is 5.16 Å². The molecule has 2 aromatic carbocycles. The number of benzene rings is 2. The third-order valence-corrected chi connectivity index (χ3v) is 3.73. The summed E-state index contributed by atoms with van der Waals surface area (Å²) in [6.07, 6.45) is -0.471. The molecule has 0 bridgehead atoms. The molecule has 1 heterocycles. The van der Waals surface area contributed by atoms with Gasteiger partial charge < -0.3 is 4.84 Å². The molecule has 1 aliphatic heterocycles. The van der Waals surface area contributed by atoms with Gasteiger partial charge in [0.05, 0.1) is 5.71 Å². The van der Waals surface area contributed by atoms with E-state index in [-0.39, 0.29) is 0 Å². The van der Waals surface area contributed by atoms with E-state index in [1.165, 1.54) is 0 Å². The predicted molar refractivity (Wildman–Crippen MR) is 89.5 cm³/mol. The summed E-state index contributed by atoms with van der Waals surface area (Å²) in [4.78, 5) is 29.1. The zero-order valence-corrected chi connectivity index (χ0v) is 13.3. The molecule has 3 rings (SSSR count). The summed E-state index contributed by atoms with van der Waals surface area (Å²) in [5, 5.41) is 4.54. The first-order chi connectivity index (χ1) is 11.6. The molecule has 0 spiro atoms. The highest BCUT2D eigenvalue weighted by Crippen LogP contribution is 2.18. The van der Waals surface area contributed by atoms with E-state index in [0.29, 0.717) is 22.7 Å². The lowest BCUT2D eigenvalue weighted by Gasteiger charge is -2.10. The maximum Gasteiger partial charge on any atom is 0.282 e. The van der Waals surface area contributed by atoms with Crippen LogP contribution in [0.3, 0.4) is 0 Å². The molecule has 1 unspecified atom stereocenters. The monoisotopic (exact) mass is 343 g/mol. The molecule has 24 heavy (non-hydrogen) atoms. The van der Waals surface area contributed by atoms with Crippen LogP contribution in [-0.4, -0.2) is 23.6 Å². The fourth-order valence-corrected chi connectivity index (χ4v) is 2.32. The molecule has 0 radical (unpaired) electrons. The molecule has 0 fully saturated rings. The molecule has 2 N–H and O–H groups in total. The maximum atomic E-state index is 12.1. The van der Waals surface area contributed by atoms with Gasteiger partial charge in [0.25, 0.3) is 11.8 Å². The second-order valence-corrected chi connectivity index (χ2v) is 5.59. The molecule has 6 nitrogen and oxygen atoms in total. The van der Waals surface area contributed by atoms with Gasteiger partial charge in [0.1, 0.15) is 0 Å². The van der Waals surface area contributed by atoms with Crippen molar-refractivity contribution in [3.63, 3.8) is 0 Å². The van der Waals surface area contributed by atoms with E-state index in [2.05, 4.69) is 16.0 Å². The topological polar surface area (TPSA) is 79.8 Å². The molecule has 2 aromatic rings. The van der Waals surface area contributed by atoms with E-state index < -0.39 is 17.9 Å². The number of oxime groups is 1. The number of carbonyl (C=O) groups is 2. The van der Waals surface area contributed by atoms with Crippen molar-refractivity contribution >= 4 is 29.1 Å². The number of hydrogen-bond donors (Lipinski definition) is 2. The first kappa shape index (κ1) is 16.0. The predicted octanol–water partition coefficient (Wildman–Crippen LogP) is 2.29. The van der Waals surface area contributed by atoms with Gasteiger partial charge in [-0.15, -0.1) is 0 Å². The Hall–Kier alpha value is -2.86. The van der Waals surface area contributed by atoms with E-state index in [1.54, 1.807) is 42.5 Å². The number of carbonyl (C=O) groups excluding carboxylic acids is 2. The van der Waals surface area contributed by atoms with Crippen LogP contribution in [-0.2, 0) is 9.63 Å². The fraction of sp³-hybridized carbons (Fsp3) is 0.118. The number of hydrogen-bond acceptors (Lipinski definition) is 4. The third-order valence-electron chi connectivity index (χ3n) is 3.47. The van der Waals surface area contributed by atoms with E-state index >= 15 is 0 Å². The fourth-order valence-electron chi connectivity index (χ4n) is 2.19. The maximum absolute atomic E-state index is 12.1. The van der Waals surface area contributed by atoms with Crippen LogP contribution in [0, 0.1) is 0 Å². The average Bonchev–Trinajstić information content (AvgIpc) is 3.11. The zero-order valence-electron chi connectivity index (χ0n) is 12.5. The molecule has 7 heteroatoms. The minimum absolute atomic E-state index is 0.314. The molecule has 122 valence electrons. The summed E-state index contributed by atoms with van der Waals surface area (Å²) < 4.78 is 0. The number of rotatable bonds is 3. The van der Waals surface area contributed by atoms with Crippen LogP contribution in [0.25, 0.3) is 0 Å². The van der Waals surface area contributed by atoms with Gasteiger partial charge in [-0.05, 0) is 29.8 Å². The third kappa shape index (κ3) is 3.72. The summed E-state index contributed by atoms with van der Waals surface area (Å²) in [7, 11) is 0. The highest BCUT2D eigenvalue weighted by Gasteiger charge is 2.29. The van der Waals surface area contributed by atoms with E-state index in [0.717, 1.165) is 5.56 Å². The van der Waals surface area contributed by atoms with Gasteiger partial charge in [0.15, 0.2) is 0 Å². The first-order valence-corrected chi connectivity index (χ1v) is 7.65. The van der Waals surface area contributed by atoms with Crippen LogP contribution in [0.15, 0.2) is 59.8 Å². The first-order valence-electron chi connectivity index (χ1n) is 7.27. The minimum Gasteiger partial charge on any atom is -0.382 e. The van der Waals surface area contributed by atoms with Gasteiger partial charge >= 0.3 is 0 Å². The molecule has 0 aliphatic carbocycles. The summed E-state index contributed by atoms with van der Waals surface area (Å²) in [6, 6.07) is 15.7. The smallest absolute Gasteiger partial charge is 0.282 e. The van der Waals surface area contributed by atoms with Gasteiger partial charge in [0.2, 0.25) is 6.10 Å². The second kappa shape index (κ2) is 7.14. The van der Waals surface area contributed by atoms with Gasteiger partial charge in [-0.25, -0.2) is 0 Å². The van der Waals surface area contributed by atoms with Gasteiger partial charge in [-0.2, -0.15) is 0 Å². The highest BCUT2D eigenvalue weighted by molar-refractivity contribution is 6.30. The van der Waals surface area contributed by atoms with Gasteiger partial charge in [0, 0.05) is 17.0 Å². The number of halogens is 1. The normalized spacial score (nSPS) is 16.0. The second-order valence-electron chi connectivity index (χ2n) is 5.15. The van der Waals surface area contributed by atoms with Crippen molar-refractivity contribution in [3.05, 3.63) is 70.7 Å². The number of nitrogens with one attached hydrogen (secondary N) is 2. The number of nitrogens with zero attached hydrogens (tertiary/aromatic N) is 1. The molecule has 1 aliphatic rings. The van der Waals surface area contributed by atoms with E-state index in [4.69, 9.17) is 16.4 Å². The average molecular weight is 344 g/mol. The molecular weight excluding hydrogens is 330 g/mol. The lowest BCUT2D eigenvalue weighted by Crippen LogP contribution is -2.46. The van der Waals surface area contributed by atoms with Crippen LogP contribution < -0.4 is 10.9 Å². The Kier molecular flexibility index (Phi) is 4.77. The molecule has 0 saturated carbocycles. The standard InChI is InChI=1S/C17H14ClN3O3/c18-13-8-6-11(7-9-13)14-10-15(24-21-14)17(23)20-19-16(22)12-4-2-1-3-5-12/h1-9,15H,10H2,(H,19,22)(H,20,23). The van der Waals surface area contributed by atoms with Gasteiger partial charge in [-0.3, -0.25) is 20.4 Å². The Bertz CT molecular complexity index is 775. The lowest BCUT2D eigenvalue weighted by atomic mass is 10.1. The number of hydrazine groups is 1. The minimum atomic E-state index is -0.785. The van der Waals surface area contributed by atoms with Crippen LogP contribution in [0.1, 0.15) is 22.3 Å². The quantitative estimate of drug-likeness (QED) is 0.839. The Morgan fingerprint density at radius 2 is 1.75 bits per heavy atom. The Labute approximate surface area is 143 Å². The van der Waals surface area contributed by atoms with Crippen molar-refractivity contribution in [1.82, 2.24) is 10.9 Å². The van der Waals surface area contributed by atoms with Crippen LogP contribution in [0.2, 0.25) is 5.02 Å². The van der Waals surface area contributed by atoms with Crippen LogP contribution >= 0.6 is 11.6 Å². The zero-order chi connectivity index (χ0) is 16.9. The Morgan fingerprint density at radius 3 is 2.46 bits per heavy atom. The molecular formula is C17H14ClN3O3. The molecule has 0 aromatic heterocycles. The van der Waals surface area contributed by atoms with E-state index in [1.807, 2.05) is 12.1 Å². The van der Waals surface area contributed by atoms with Gasteiger partial charge in [-0.1, -0.05) is 47.1 Å². The van der Waals surface area contributed by atoms with Crippen LogP contribution in [0.5, 0.6) is 0 Å². The van der Waals surface area contributed by atoms with Crippen molar-refractivity contribution in [2.45, 2.75) is 12.5 Å². The Balaban J connectivity index is 1.52. The summed E-state index contributed by atoms with van der Waals surface area (Å²) in [5.74, 6) is -0.868. The molecule has 2 amide bonds. The van der Waals surface area contributed by atoms with Crippen molar-refractivity contribution in [2.75, 3.05) is 0 Å². The highest BCUT2D eigenvalue weighted by atomic mass is 35.5. The molecule has 0 saturated heterocycles. The van der Waals surface area contributed by atoms with Crippen molar-refractivity contribution in [1.29, 1.82) is 0 Å². The van der Waals surface area contributed by atoms with Crippen LogP contribution in [0.4, 0.5) is 0 Å². The van der Waals surface area contributed by atoms with Crippen molar-refractivity contribution in [3.8, 4) is 0 Å². The summed E-state index contributed by atoms with van der Waals surface area (Å²) in [5.41, 5.74) is 6.63. The summed E-state index contributed by atoms with van der Waals surface area (Å²) in [6.45, 7) is 0. The lowest BCUT2D eigenvalue weighted by molar-refractivity contribution is -0.131. The SMILES string of the molecule is O=C(NNC(=O)C1CC(c2ccc(Cl)cc2)=NO1)c1ccccc1. The van der Waals surface area contributed by atoms with Crippen molar-refractivity contribution < 1.29 is 14.4 Å². The Morgan fingerprint density at radius 1 is 1.04 bits per heavy atom. The summed E-state index contributed by atoms with van der Waals surface area (Å²) >= 11 is 5.84. The van der Waals surface area contributed by atoms with E-state index in [9.17, 15) is 9.59 Å². The largest absolute Gasteiger partial charge is 0.382 e. The molecule has 1 atom stereocenters.